The van der Waals surface area contributed by atoms with Crippen LogP contribution >= 0.6 is 35.2 Å². The molecular weight excluding hydrogens is 516 g/mol. The zero-order chi connectivity index (χ0) is 25.7. The molecule has 2 N–H and O–H groups in total. The van der Waals surface area contributed by atoms with E-state index in [2.05, 4.69) is 15.5 Å². The van der Waals surface area contributed by atoms with E-state index in [0.29, 0.717) is 48.2 Å². The van der Waals surface area contributed by atoms with Crippen LogP contribution in [0.25, 0.3) is 0 Å². The highest BCUT2D eigenvalue weighted by Crippen LogP contribution is 2.30. The predicted molar refractivity (Wildman–Crippen MR) is 150 cm³/mol. The molecule has 0 saturated carbocycles. The predicted octanol–water partition coefficient (Wildman–Crippen LogP) is 5.28. The number of nitrogens with one attached hydrogen (secondary N) is 2. The minimum Gasteiger partial charge on any atom is -0.491 e. The number of ether oxygens (including phenoxy) is 1. The van der Waals surface area contributed by atoms with E-state index in [0.717, 1.165) is 10.6 Å². The summed E-state index contributed by atoms with van der Waals surface area (Å²) in [5.74, 6) is 0.361. The molecule has 1 saturated heterocycles. The zero-order valence-electron chi connectivity index (χ0n) is 20.0. The molecule has 4 rings (SSSR count). The van der Waals surface area contributed by atoms with E-state index in [1.165, 1.54) is 11.3 Å². The van der Waals surface area contributed by atoms with Gasteiger partial charge in [-0.2, -0.15) is 0 Å². The van der Waals surface area contributed by atoms with Crippen LogP contribution in [0, 0.1) is 0 Å². The maximum absolute atomic E-state index is 12.6. The lowest BCUT2D eigenvalue weighted by molar-refractivity contribution is 0.0751. The molecular formula is C26H27ClN4O3S2. The third-order valence-electron chi connectivity index (χ3n) is 5.54. The van der Waals surface area contributed by atoms with Crippen LogP contribution in [0.2, 0.25) is 5.02 Å². The van der Waals surface area contributed by atoms with Gasteiger partial charge in [0.25, 0.3) is 11.8 Å². The molecule has 0 atom stereocenters. The molecule has 1 aliphatic heterocycles. The molecule has 0 bridgehead atoms. The molecule has 7 nitrogen and oxygen atoms in total. The van der Waals surface area contributed by atoms with E-state index < -0.39 is 0 Å². The molecule has 2 heterocycles. The van der Waals surface area contributed by atoms with Crippen LogP contribution in [-0.4, -0.2) is 54.1 Å². The van der Waals surface area contributed by atoms with Gasteiger partial charge in [-0.05, 0) is 73.9 Å². The van der Waals surface area contributed by atoms with E-state index in [-0.39, 0.29) is 23.0 Å². The Morgan fingerprint density at radius 2 is 1.83 bits per heavy atom. The molecule has 2 amide bonds. The number of rotatable bonds is 6. The summed E-state index contributed by atoms with van der Waals surface area (Å²) in [4.78, 5) is 30.0. The minimum absolute atomic E-state index is 0.0105. The summed E-state index contributed by atoms with van der Waals surface area (Å²) < 4.78 is 5.65. The number of hydrogen-bond donors (Lipinski definition) is 2. The lowest BCUT2D eigenvalue weighted by atomic mass is 10.2. The molecule has 0 spiro atoms. The van der Waals surface area contributed by atoms with E-state index >= 15 is 0 Å². The molecule has 188 valence electrons. The van der Waals surface area contributed by atoms with Crippen molar-refractivity contribution in [2.75, 3.05) is 36.4 Å². The third kappa shape index (κ3) is 6.54. The Balaban J connectivity index is 1.31. The second-order valence-electron chi connectivity index (χ2n) is 8.53. The Kier molecular flexibility index (Phi) is 8.45. The molecule has 0 unspecified atom stereocenters. The lowest BCUT2D eigenvalue weighted by Crippen LogP contribution is -2.48. The number of hydrogen-bond acceptors (Lipinski definition) is 6. The van der Waals surface area contributed by atoms with Crippen LogP contribution < -0.4 is 20.3 Å². The van der Waals surface area contributed by atoms with Gasteiger partial charge in [0.2, 0.25) is 0 Å². The largest absolute Gasteiger partial charge is 0.491 e. The van der Waals surface area contributed by atoms with Gasteiger partial charge < -0.3 is 19.9 Å². The van der Waals surface area contributed by atoms with Crippen molar-refractivity contribution < 1.29 is 14.3 Å². The fourth-order valence-electron chi connectivity index (χ4n) is 3.87. The van der Waals surface area contributed by atoms with Gasteiger partial charge in [0.1, 0.15) is 5.75 Å². The summed E-state index contributed by atoms with van der Waals surface area (Å²) in [6, 6.07) is 16.2. The summed E-state index contributed by atoms with van der Waals surface area (Å²) in [6.07, 6.45) is 0.0105. The van der Waals surface area contributed by atoms with Crippen molar-refractivity contribution in [3.05, 3.63) is 75.4 Å². The van der Waals surface area contributed by atoms with Crippen LogP contribution in [0.3, 0.4) is 0 Å². The maximum atomic E-state index is 12.6. The first kappa shape index (κ1) is 25.9. The van der Waals surface area contributed by atoms with Gasteiger partial charge in [-0.15, -0.1) is 11.3 Å². The highest BCUT2D eigenvalue weighted by molar-refractivity contribution is 7.80. The fraction of sp³-hybridized carbons (Fsp3) is 0.269. The summed E-state index contributed by atoms with van der Waals surface area (Å²) >= 11 is 13.4. The molecule has 0 radical (unpaired) electrons. The van der Waals surface area contributed by atoms with Crippen LogP contribution in [0.15, 0.2) is 60.0 Å². The van der Waals surface area contributed by atoms with Crippen molar-refractivity contribution in [3.63, 3.8) is 0 Å². The summed E-state index contributed by atoms with van der Waals surface area (Å²) in [7, 11) is 0. The van der Waals surface area contributed by atoms with Crippen molar-refractivity contribution in [1.82, 2.24) is 10.2 Å². The van der Waals surface area contributed by atoms with Gasteiger partial charge in [-0.3, -0.25) is 14.9 Å². The zero-order valence-corrected chi connectivity index (χ0v) is 22.4. The number of thiophene rings is 1. The summed E-state index contributed by atoms with van der Waals surface area (Å²) in [5, 5.41) is 8.34. The number of carbonyl (C=O) groups excluding carboxylic acids is 2. The normalized spacial score (nSPS) is 13.4. The average Bonchev–Trinajstić information content (AvgIpc) is 3.39. The van der Waals surface area contributed by atoms with Crippen LogP contribution in [-0.2, 0) is 0 Å². The number of carbonyl (C=O) groups is 2. The van der Waals surface area contributed by atoms with E-state index in [1.807, 2.05) is 48.4 Å². The first-order valence-electron chi connectivity index (χ1n) is 11.6. The van der Waals surface area contributed by atoms with Crippen molar-refractivity contribution in [3.8, 4) is 5.75 Å². The maximum Gasteiger partial charge on any atom is 0.264 e. The van der Waals surface area contributed by atoms with Crippen molar-refractivity contribution in [2.24, 2.45) is 0 Å². The highest BCUT2D eigenvalue weighted by atomic mass is 35.5. The van der Waals surface area contributed by atoms with Crippen LogP contribution in [0.1, 0.15) is 33.9 Å². The van der Waals surface area contributed by atoms with Crippen molar-refractivity contribution in [1.29, 1.82) is 0 Å². The number of anilines is 2. The average molecular weight is 543 g/mol. The fourth-order valence-corrected chi connectivity index (χ4v) is 5.07. The topological polar surface area (TPSA) is 73.9 Å². The number of halogens is 1. The van der Waals surface area contributed by atoms with Gasteiger partial charge in [-0.1, -0.05) is 23.7 Å². The first-order chi connectivity index (χ1) is 17.3. The lowest BCUT2D eigenvalue weighted by Gasteiger charge is -2.36. The second-order valence-corrected chi connectivity index (χ2v) is 10.3. The SMILES string of the molecule is CC(C)Oc1cccc(C(=O)NC(=S)Nc2ccc(N3CCN(C(=O)c4cccs4)CC3)c(Cl)c2)c1. The molecule has 1 fully saturated rings. The first-order valence-corrected chi connectivity index (χ1v) is 13.2. The Bertz CT molecular complexity index is 1240. The molecule has 3 aromatic rings. The molecule has 2 aromatic carbocycles. The van der Waals surface area contributed by atoms with Gasteiger partial charge in [0.05, 0.1) is 21.7 Å². The van der Waals surface area contributed by atoms with Gasteiger partial charge >= 0.3 is 0 Å². The Labute approximate surface area is 225 Å². The van der Waals surface area contributed by atoms with E-state index in [9.17, 15) is 9.59 Å². The van der Waals surface area contributed by atoms with E-state index in [4.69, 9.17) is 28.6 Å². The van der Waals surface area contributed by atoms with Gasteiger partial charge in [-0.25, -0.2) is 0 Å². The highest BCUT2D eigenvalue weighted by Gasteiger charge is 2.24. The van der Waals surface area contributed by atoms with E-state index in [1.54, 1.807) is 30.3 Å². The monoisotopic (exact) mass is 542 g/mol. The molecule has 36 heavy (non-hydrogen) atoms. The van der Waals surface area contributed by atoms with Crippen molar-refractivity contribution in [2.45, 2.75) is 20.0 Å². The smallest absolute Gasteiger partial charge is 0.264 e. The summed E-state index contributed by atoms with van der Waals surface area (Å²) in [5.41, 5.74) is 2.00. The Morgan fingerprint density at radius 1 is 1.06 bits per heavy atom. The molecule has 1 aromatic heterocycles. The van der Waals surface area contributed by atoms with Crippen molar-refractivity contribution >= 4 is 63.5 Å². The molecule has 1 aliphatic rings. The van der Waals surface area contributed by atoms with Crippen LogP contribution in [0.4, 0.5) is 11.4 Å². The molecule has 0 aliphatic carbocycles. The number of nitrogens with zero attached hydrogens (tertiary/aromatic N) is 2. The Hall–Kier alpha value is -3.14. The second kappa shape index (κ2) is 11.7. The quantitative estimate of drug-likeness (QED) is 0.413. The van der Waals surface area contributed by atoms with Gasteiger partial charge in [0, 0.05) is 37.4 Å². The number of thiocarbonyl (C=S) groups is 1. The van der Waals surface area contributed by atoms with Crippen LogP contribution in [0.5, 0.6) is 5.75 Å². The number of piperazine rings is 1. The third-order valence-corrected chi connectivity index (χ3v) is 6.90. The molecule has 10 heteroatoms. The van der Waals surface area contributed by atoms with Gasteiger partial charge in [0.15, 0.2) is 5.11 Å². The number of amides is 2. The number of benzene rings is 2. The minimum atomic E-state index is -0.334. The summed E-state index contributed by atoms with van der Waals surface area (Å²) in [6.45, 7) is 6.50. The Morgan fingerprint density at radius 3 is 2.50 bits per heavy atom. The standard InChI is InChI=1S/C26H27ClN4O3S2/c1-17(2)34-20-6-3-5-18(15-20)24(32)29-26(35)28-19-8-9-22(21(27)16-19)30-10-12-31(13-11-30)25(33)23-7-4-14-36-23/h3-9,14-17H,10-13H2,1-2H3,(H2,28,29,32,35).